The second-order valence-electron chi connectivity index (χ2n) is 4.47. The van der Waals surface area contributed by atoms with Crippen molar-refractivity contribution < 1.29 is 9.13 Å². The molecule has 2 aromatic carbocycles. The van der Waals surface area contributed by atoms with Gasteiger partial charge in [-0.05, 0) is 53.6 Å². The number of hydrogen-bond donors (Lipinski definition) is 0. The molecule has 2 heteroatoms. The maximum Gasteiger partial charge on any atom is 0.165 e. The molecule has 1 aliphatic carbocycles. The summed E-state index contributed by atoms with van der Waals surface area (Å²) in [6.45, 7) is 0. The summed E-state index contributed by atoms with van der Waals surface area (Å²) in [5.41, 5.74) is 4.65. The molecule has 0 fully saturated rings. The quantitative estimate of drug-likeness (QED) is 0.772. The molecule has 0 heterocycles. The van der Waals surface area contributed by atoms with E-state index in [9.17, 15) is 4.39 Å². The molecule has 0 aromatic heterocycles. The van der Waals surface area contributed by atoms with Gasteiger partial charge < -0.3 is 4.74 Å². The van der Waals surface area contributed by atoms with Crippen LogP contribution in [-0.4, -0.2) is 7.11 Å². The van der Waals surface area contributed by atoms with Crippen LogP contribution in [0.2, 0.25) is 0 Å². The maximum atomic E-state index is 13.8. The van der Waals surface area contributed by atoms with Crippen molar-refractivity contribution in [3.8, 4) is 16.9 Å². The fraction of sp³-hybridized carbons (Fsp3) is 0.188. The minimum Gasteiger partial charge on any atom is -0.494 e. The van der Waals surface area contributed by atoms with Crippen molar-refractivity contribution in [3.05, 3.63) is 59.8 Å². The van der Waals surface area contributed by atoms with E-state index in [1.165, 1.54) is 18.2 Å². The minimum atomic E-state index is -0.311. The van der Waals surface area contributed by atoms with Crippen molar-refractivity contribution in [2.24, 2.45) is 0 Å². The van der Waals surface area contributed by atoms with Crippen molar-refractivity contribution in [1.82, 2.24) is 0 Å². The summed E-state index contributed by atoms with van der Waals surface area (Å²) in [6, 6.07) is 11.3. The first-order chi connectivity index (χ1) is 8.79. The summed E-state index contributed by atoms with van der Waals surface area (Å²) < 4.78 is 18.7. The molecule has 18 heavy (non-hydrogen) atoms. The second-order valence-corrected chi connectivity index (χ2v) is 4.47. The van der Waals surface area contributed by atoms with E-state index in [0.717, 1.165) is 24.0 Å². The highest BCUT2D eigenvalue weighted by atomic mass is 19.1. The Morgan fingerprint density at radius 2 is 2.06 bits per heavy atom. The molecule has 0 bridgehead atoms. The number of ether oxygens (including phenoxy) is 1. The lowest BCUT2D eigenvalue weighted by Gasteiger charge is -2.10. The second kappa shape index (κ2) is 4.45. The van der Waals surface area contributed by atoms with Crippen molar-refractivity contribution in [1.29, 1.82) is 0 Å². The molecule has 0 aliphatic heterocycles. The summed E-state index contributed by atoms with van der Waals surface area (Å²) in [4.78, 5) is 0. The predicted molar refractivity (Wildman–Crippen MR) is 70.1 cm³/mol. The molecule has 2 aromatic rings. The number of halogens is 1. The average Bonchev–Trinajstić information content (AvgIpc) is 2.86. The zero-order chi connectivity index (χ0) is 12.5. The van der Waals surface area contributed by atoms with Crippen LogP contribution >= 0.6 is 0 Å². The first-order valence-electron chi connectivity index (χ1n) is 6.08. The van der Waals surface area contributed by atoms with Gasteiger partial charge in [0.1, 0.15) is 0 Å². The number of methoxy groups -OCH3 is 1. The predicted octanol–water partition coefficient (Wildman–Crippen LogP) is 4.00. The third-order valence-corrected chi connectivity index (χ3v) is 3.43. The van der Waals surface area contributed by atoms with Crippen molar-refractivity contribution in [2.45, 2.75) is 12.8 Å². The molecule has 0 unspecified atom stereocenters. The van der Waals surface area contributed by atoms with E-state index in [2.05, 4.69) is 18.6 Å². The first kappa shape index (κ1) is 11.3. The summed E-state index contributed by atoms with van der Waals surface area (Å²) in [7, 11) is 1.48. The Morgan fingerprint density at radius 1 is 1.17 bits per heavy atom. The van der Waals surface area contributed by atoms with Crippen molar-refractivity contribution in [3.63, 3.8) is 0 Å². The molecule has 0 spiro atoms. The lowest BCUT2D eigenvalue weighted by Crippen LogP contribution is -1.91. The molecule has 1 aliphatic rings. The van der Waals surface area contributed by atoms with Crippen LogP contribution in [0.4, 0.5) is 4.39 Å². The topological polar surface area (TPSA) is 9.23 Å². The standard InChI is InChI=1S/C16H14FO/c1-18-16-9-8-12(10-15(16)17)14-7-3-5-11-4-2-6-13(11)14/h3-5,7-10H,2,6H2,1H3. The van der Waals surface area contributed by atoms with Gasteiger partial charge in [-0.25, -0.2) is 4.39 Å². The fourth-order valence-corrected chi connectivity index (χ4v) is 2.55. The van der Waals surface area contributed by atoms with Crippen LogP contribution in [0.1, 0.15) is 17.5 Å². The molecule has 0 saturated carbocycles. The van der Waals surface area contributed by atoms with Gasteiger partial charge in [-0.15, -0.1) is 0 Å². The number of hydrogen-bond acceptors (Lipinski definition) is 1. The fourth-order valence-electron chi connectivity index (χ4n) is 2.55. The van der Waals surface area contributed by atoms with Crippen LogP contribution < -0.4 is 4.74 Å². The first-order valence-corrected chi connectivity index (χ1v) is 6.08. The van der Waals surface area contributed by atoms with Crippen molar-refractivity contribution >= 4 is 0 Å². The Morgan fingerprint density at radius 3 is 2.83 bits per heavy atom. The smallest absolute Gasteiger partial charge is 0.165 e. The molecule has 3 rings (SSSR count). The van der Waals surface area contributed by atoms with Crippen LogP contribution in [0, 0.1) is 12.2 Å². The molecule has 1 nitrogen and oxygen atoms in total. The third kappa shape index (κ3) is 1.78. The zero-order valence-electron chi connectivity index (χ0n) is 10.2. The van der Waals surface area contributed by atoms with E-state index < -0.39 is 0 Å². The third-order valence-electron chi connectivity index (χ3n) is 3.43. The Kier molecular flexibility index (Phi) is 2.78. The van der Waals surface area contributed by atoms with E-state index in [1.807, 2.05) is 12.1 Å². The van der Waals surface area contributed by atoms with Gasteiger partial charge in [-0.2, -0.15) is 0 Å². The number of fused-ring (bicyclic) bond motifs is 1. The van der Waals surface area contributed by atoms with E-state index >= 15 is 0 Å². The highest BCUT2D eigenvalue weighted by Gasteiger charge is 2.16. The van der Waals surface area contributed by atoms with E-state index in [0.29, 0.717) is 0 Å². The van der Waals surface area contributed by atoms with Crippen LogP contribution in [0.25, 0.3) is 11.1 Å². The van der Waals surface area contributed by atoms with Gasteiger partial charge in [-0.3, -0.25) is 0 Å². The van der Waals surface area contributed by atoms with E-state index in [-0.39, 0.29) is 11.6 Å². The van der Waals surface area contributed by atoms with Crippen LogP contribution in [0.15, 0.2) is 36.4 Å². The SMILES string of the molecule is COc1ccc(-c2cccc3c2CC[CH]3)cc1F. The monoisotopic (exact) mass is 241 g/mol. The zero-order valence-corrected chi connectivity index (χ0v) is 10.2. The normalized spacial score (nSPS) is 13.4. The Bertz CT molecular complexity index is 590. The average molecular weight is 241 g/mol. The van der Waals surface area contributed by atoms with Gasteiger partial charge in [0.2, 0.25) is 0 Å². The molecular weight excluding hydrogens is 227 g/mol. The Hall–Kier alpha value is -1.83. The summed E-state index contributed by atoms with van der Waals surface area (Å²) in [5.74, 6) is -0.0209. The van der Waals surface area contributed by atoms with Crippen LogP contribution in [0.5, 0.6) is 5.75 Å². The summed E-state index contributed by atoms with van der Waals surface area (Å²) in [5, 5.41) is 0. The Labute approximate surface area is 106 Å². The van der Waals surface area contributed by atoms with Crippen molar-refractivity contribution in [2.75, 3.05) is 7.11 Å². The molecule has 0 atom stereocenters. The molecule has 0 amide bonds. The molecule has 1 radical (unpaired) electrons. The number of benzene rings is 2. The van der Waals surface area contributed by atoms with Gasteiger partial charge in [0.25, 0.3) is 0 Å². The van der Waals surface area contributed by atoms with Crippen LogP contribution in [0.3, 0.4) is 0 Å². The van der Waals surface area contributed by atoms with Crippen LogP contribution in [-0.2, 0) is 6.42 Å². The maximum absolute atomic E-state index is 13.8. The van der Waals surface area contributed by atoms with Gasteiger partial charge >= 0.3 is 0 Å². The highest BCUT2D eigenvalue weighted by Crippen LogP contribution is 2.34. The summed E-state index contributed by atoms with van der Waals surface area (Å²) in [6.07, 6.45) is 4.35. The lowest BCUT2D eigenvalue weighted by atomic mass is 9.97. The number of rotatable bonds is 2. The van der Waals surface area contributed by atoms with E-state index in [1.54, 1.807) is 12.1 Å². The molecular formula is C16H14FO. The molecule has 0 N–H and O–H groups in total. The van der Waals surface area contributed by atoms with Gasteiger partial charge in [0.05, 0.1) is 7.11 Å². The Balaban J connectivity index is 2.10. The van der Waals surface area contributed by atoms with Gasteiger partial charge in [-0.1, -0.05) is 24.3 Å². The molecule has 91 valence electrons. The molecule has 0 saturated heterocycles. The highest BCUT2D eigenvalue weighted by molar-refractivity contribution is 5.71. The minimum absolute atomic E-state index is 0.290. The van der Waals surface area contributed by atoms with Gasteiger partial charge in [0, 0.05) is 0 Å². The largest absolute Gasteiger partial charge is 0.494 e. The summed E-state index contributed by atoms with van der Waals surface area (Å²) >= 11 is 0. The van der Waals surface area contributed by atoms with Gasteiger partial charge in [0.15, 0.2) is 11.6 Å². The van der Waals surface area contributed by atoms with E-state index in [4.69, 9.17) is 4.74 Å². The lowest BCUT2D eigenvalue weighted by molar-refractivity contribution is 0.386.